The van der Waals surface area contributed by atoms with E-state index in [9.17, 15) is 4.39 Å². The Kier molecular flexibility index (Phi) is 4.39. The van der Waals surface area contributed by atoms with Crippen LogP contribution in [0.4, 0.5) is 15.8 Å². The van der Waals surface area contributed by atoms with Crippen molar-refractivity contribution in [3.05, 3.63) is 34.8 Å². The molecule has 2 aliphatic heterocycles. The number of fused-ring (bicyclic) bond motifs is 3. The Balaban J connectivity index is 1.91. The van der Waals surface area contributed by atoms with E-state index in [1.807, 2.05) is 13.8 Å². The number of halogens is 1. The number of nitrogens with one attached hydrogen (secondary N) is 3. The monoisotopic (exact) mass is 303 g/mol. The van der Waals surface area contributed by atoms with Gasteiger partial charge < -0.3 is 16.0 Å². The van der Waals surface area contributed by atoms with Gasteiger partial charge in [0.25, 0.3) is 0 Å². The first-order valence-corrected chi connectivity index (χ1v) is 8.40. The summed E-state index contributed by atoms with van der Waals surface area (Å²) in [5.74, 6) is 0.477. The Labute approximate surface area is 132 Å². The maximum Gasteiger partial charge on any atom is 0.119 e. The van der Waals surface area contributed by atoms with Crippen molar-refractivity contribution in [3.63, 3.8) is 0 Å². The molecule has 0 spiro atoms. The lowest BCUT2D eigenvalue weighted by molar-refractivity contribution is 0.440. The summed E-state index contributed by atoms with van der Waals surface area (Å²) in [6, 6.07) is 4.86. The van der Waals surface area contributed by atoms with Crippen LogP contribution in [0.3, 0.4) is 0 Å². The minimum absolute atomic E-state index is 0.0454. The lowest BCUT2D eigenvalue weighted by atomic mass is 9.89. The molecule has 2 heterocycles. The molecule has 0 aliphatic carbocycles. The van der Waals surface area contributed by atoms with Crippen LogP contribution in [0.2, 0.25) is 0 Å². The van der Waals surface area contributed by atoms with Crippen molar-refractivity contribution >= 4 is 11.4 Å². The van der Waals surface area contributed by atoms with Gasteiger partial charge in [0.15, 0.2) is 0 Å². The predicted molar refractivity (Wildman–Crippen MR) is 91.2 cm³/mol. The fourth-order valence-electron chi connectivity index (χ4n) is 3.66. The van der Waals surface area contributed by atoms with E-state index in [0.29, 0.717) is 30.5 Å². The van der Waals surface area contributed by atoms with Gasteiger partial charge in [-0.25, -0.2) is 4.39 Å². The van der Waals surface area contributed by atoms with Crippen molar-refractivity contribution in [3.8, 4) is 0 Å². The van der Waals surface area contributed by atoms with Crippen molar-refractivity contribution in [2.75, 3.05) is 23.7 Å². The quantitative estimate of drug-likeness (QED) is 0.777. The molecule has 3 rings (SSSR count). The third-order valence-corrected chi connectivity index (χ3v) is 4.86. The highest BCUT2D eigenvalue weighted by molar-refractivity contribution is 5.70. The van der Waals surface area contributed by atoms with Crippen LogP contribution in [0.25, 0.3) is 0 Å². The van der Waals surface area contributed by atoms with Crippen molar-refractivity contribution in [2.45, 2.75) is 52.0 Å². The van der Waals surface area contributed by atoms with Gasteiger partial charge in [-0.2, -0.15) is 0 Å². The molecule has 1 unspecified atom stereocenters. The van der Waals surface area contributed by atoms with Crippen LogP contribution in [0.5, 0.6) is 0 Å². The van der Waals surface area contributed by atoms with Gasteiger partial charge in [-0.3, -0.25) is 0 Å². The SMILES string of the molecule is CC/C(F)=C(\CC)Nc1cc(C)c2c(c1)C1CNCC[C@@H]1N2. The fourth-order valence-corrected chi connectivity index (χ4v) is 3.66. The number of anilines is 2. The number of benzene rings is 1. The Morgan fingerprint density at radius 1 is 1.32 bits per heavy atom. The fraction of sp³-hybridized carbons (Fsp3) is 0.556. The van der Waals surface area contributed by atoms with Gasteiger partial charge in [0, 0.05) is 35.6 Å². The summed E-state index contributed by atoms with van der Waals surface area (Å²) in [5, 5.41) is 10.5. The average Bonchev–Trinajstić information content (AvgIpc) is 2.91. The Hall–Kier alpha value is -1.55. The van der Waals surface area contributed by atoms with Crippen LogP contribution >= 0.6 is 0 Å². The summed E-state index contributed by atoms with van der Waals surface area (Å²) in [6.45, 7) is 8.07. The van der Waals surface area contributed by atoms with E-state index >= 15 is 0 Å². The minimum atomic E-state index is -0.0454. The van der Waals surface area contributed by atoms with E-state index in [2.05, 4.69) is 35.0 Å². The smallest absolute Gasteiger partial charge is 0.119 e. The zero-order valence-electron chi connectivity index (χ0n) is 13.7. The first kappa shape index (κ1) is 15.3. The third-order valence-electron chi connectivity index (χ3n) is 4.86. The first-order chi connectivity index (χ1) is 10.6. The molecule has 3 nitrogen and oxygen atoms in total. The summed E-state index contributed by atoms with van der Waals surface area (Å²) in [7, 11) is 0. The molecule has 0 bridgehead atoms. The maximum absolute atomic E-state index is 13.9. The number of aryl methyl sites for hydroxylation is 1. The number of hydrogen-bond acceptors (Lipinski definition) is 3. The van der Waals surface area contributed by atoms with Crippen LogP contribution in [0.15, 0.2) is 23.7 Å². The molecule has 0 amide bonds. The standard InChI is InChI=1S/C18H26FN3/c1-4-15(19)16(5-2)21-12-8-11(3)18-13(9-12)14-10-20-7-6-17(14)22-18/h8-9,14,17,20-22H,4-7,10H2,1-3H3/b16-15-/t14?,17-/m0/s1. The number of piperidine rings is 1. The van der Waals surface area contributed by atoms with Gasteiger partial charge in [0.1, 0.15) is 5.83 Å². The third kappa shape index (κ3) is 2.72. The predicted octanol–water partition coefficient (Wildman–Crippen LogP) is 4.28. The average molecular weight is 303 g/mol. The summed E-state index contributed by atoms with van der Waals surface area (Å²) in [5.41, 5.74) is 5.59. The van der Waals surface area contributed by atoms with E-state index in [0.717, 1.165) is 25.2 Å². The highest BCUT2D eigenvalue weighted by Gasteiger charge is 2.34. The second-order valence-electron chi connectivity index (χ2n) is 6.32. The molecule has 2 atom stereocenters. The topological polar surface area (TPSA) is 36.1 Å². The second-order valence-corrected chi connectivity index (χ2v) is 6.32. The second kappa shape index (κ2) is 6.29. The van der Waals surface area contributed by atoms with Gasteiger partial charge in [0.2, 0.25) is 0 Å². The Morgan fingerprint density at radius 3 is 2.86 bits per heavy atom. The molecule has 1 aromatic rings. The number of rotatable bonds is 4. The Bertz CT molecular complexity index is 594. The minimum Gasteiger partial charge on any atom is -0.381 e. The molecule has 120 valence electrons. The van der Waals surface area contributed by atoms with E-state index in [1.54, 1.807) is 0 Å². The molecular weight excluding hydrogens is 277 g/mol. The van der Waals surface area contributed by atoms with Crippen LogP contribution in [0.1, 0.15) is 50.2 Å². The molecule has 0 aromatic heterocycles. The van der Waals surface area contributed by atoms with E-state index < -0.39 is 0 Å². The van der Waals surface area contributed by atoms with Gasteiger partial charge >= 0.3 is 0 Å². The highest BCUT2D eigenvalue weighted by Crippen LogP contribution is 2.42. The largest absolute Gasteiger partial charge is 0.381 e. The van der Waals surface area contributed by atoms with Gasteiger partial charge in [-0.1, -0.05) is 13.8 Å². The molecular formula is C18H26FN3. The lowest BCUT2D eigenvalue weighted by Crippen LogP contribution is -2.38. The molecule has 1 aromatic carbocycles. The molecule has 0 radical (unpaired) electrons. The molecule has 22 heavy (non-hydrogen) atoms. The number of hydrogen-bond donors (Lipinski definition) is 3. The van der Waals surface area contributed by atoms with Crippen molar-refractivity contribution < 1.29 is 4.39 Å². The molecule has 0 saturated carbocycles. The molecule has 2 aliphatic rings. The van der Waals surface area contributed by atoms with E-state index in [4.69, 9.17) is 0 Å². The number of allylic oxidation sites excluding steroid dienone is 2. The highest BCUT2D eigenvalue weighted by atomic mass is 19.1. The zero-order chi connectivity index (χ0) is 15.7. The molecule has 1 fully saturated rings. The van der Waals surface area contributed by atoms with Gasteiger partial charge in [0.05, 0.1) is 0 Å². The van der Waals surface area contributed by atoms with Gasteiger partial charge in [-0.15, -0.1) is 0 Å². The Morgan fingerprint density at radius 2 is 2.14 bits per heavy atom. The maximum atomic E-state index is 13.9. The van der Waals surface area contributed by atoms with Crippen molar-refractivity contribution in [1.29, 1.82) is 0 Å². The summed E-state index contributed by atoms with van der Waals surface area (Å²) >= 11 is 0. The zero-order valence-corrected chi connectivity index (χ0v) is 13.7. The normalized spacial score (nSPS) is 24.2. The summed E-state index contributed by atoms with van der Waals surface area (Å²) in [4.78, 5) is 0. The summed E-state index contributed by atoms with van der Waals surface area (Å²) < 4.78 is 13.9. The lowest BCUT2D eigenvalue weighted by Gasteiger charge is -2.26. The van der Waals surface area contributed by atoms with E-state index in [1.165, 1.54) is 16.8 Å². The molecule has 4 heteroatoms. The molecule has 1 saturated heterocycles. The van der Waals surface area contributed by atoms with Crippen LogP contribution < -0.4 is 16.0 Å². The van der Waals surface area contributed by atoms with Crippen molar-refractivity contribution in [1.82, 2.24) is 5.32 Å². The summed E-state index contributed by atoms with van der Waals surface area (Å²) in [6.07, 6.45) is 2.28. The van der Waals surface area contributed by atoms with Crippen LogP contribution in [0, 0.1) is 6.92 Å². The van der Waals surface area contributed by atoms with Crippen LogP contribution in [-0.2, 0) is 0 Å². The van der Waals surface area contributed by atoms with Crippen molar-refractivity contribution in [2.24, 2.45) is 0 Å². The van der Waals surface area contributed by atoms with Gasteiger partial charge in [-0.05, 0) is 56.0 Å². The van der Waals surface area contributed by atoms with Crippen LogP contribution in [-0.4, -0.2) is 19.1 Å². The first-order valence-electron chi connectivity index (χ1n) is 8.40. The van der Waals surface area contributed by atoms with E-state index in [-0.39, 0.29) is 5.83 Å². The molecule has 3 N–H and O–H groups in total.